The molecule has 0 bridgehead atoms. The van der Waals surface area contributed by atoms with Crippen LogP contribution in [-0.2, 0) is 15.3 Å². The van der Waals surface area contributed by atoms with Gasteiger partial charge >= 0.3 is 0 Å². The first-order valence-electron chi connectivity index (χ1n) is 8.87. The van der Waals surface area contributed by atoms with Gasteiger partial charge in [-0.3, -0.25) is 9.59 Å². The van der Waals surface area contributed by atoms with E-state index in [1.165, 1.54) is 7.11 Å². The molecule has 0 fully saturated rings. The second kappa shape index (κ2) is 10.2. The molecule has 29 heavy (non-hydrogen) atoms. The van der Waals surface area contributed by atoms with Crippen molar-refractivity contribution in [3.05, 3.63) is 70.7 Å². The topological polar surface area (TPSA) is 80.3 Å². The van der Waals surface area contributed by atoms with Gasteiger partial charge in [0.25, 0.3) is 5.91 Å². The first-order valence-corrected chi connectivity index (χ1v) is 10.7. The van der Waals surface area contributed by atoms with Crippen molar-refractivity contribution in [1.29, 1.82) is 0 Å². The van der Waals surface area contributed by atoms with Crippen LogP contribution in [0.5, 0.6) is 0 Å². The fourth-order valence-electron chi connectivity index (χ4n) is 2.46. The summed E-state index contributed by atoms with van der Waals surface area (Å²) in [5.41, 5.74) is 4.05. The van der Waals surface area contributed by atoms with Crippen molar-refractivity contribution in [2.45, 2.75) is 17.0 Å². The van der Waals surface area contributed by atoms with Crippen LogP contribution in [0, 0.1) is 6.92 Å². The van der Waals surface area contributed by atoms with Gasteiger partial charge in [0.1, 0.15) is 10.9 Å². The van der Waals surface area contributed by atoms with Crippen LogP contribution in [0.1, 0.15) is 21.6 Å². The number of carbonyl (C=O) groups is 2. The number of thioether (sulfide) groups is 1. The molecule has 2 amide bonds. The van der Waals surface area contributed by atoms with Gasteiger partial charge in [-0.25, -0.2) is 4.98 Å². The Kier molecular flexibility index (Phi) is 7.40. The van der Waals surface area contributed by atoms with Crippen LogP contribution in [-0.4, -0.2) is 30.5 Å². The van der Waals surface area contributed by atoms with E-state index in [2.05, 4.69) is 15.6 Å². The molecule has 0 saturated heterocycles. The molecule has 3 rings (SSSR count). The molecule has 0 spiro atoms. The van der Waals surface area contributed by atoms with E-state index < -0.39 is 0 Å². The number of hydrogen-bond acceptors (Lipinski definition) is 6. The molecule has 0 saturated carbocycles. The summed E-state index contributed by atoms with van der Waals surface area (Å²) in [6.45, 7) is 1.98. The molecular weight excluding hydrogens is 406 g/mol. The highest BCUT2D eigenvalue weighted by molar-refractivity contribution is 8.00. The molecule has 0 aliphatic carbocycles. The van der Waals surface area contributed by atoms with Crippen molar-refractivity contribution in [3.63, 3.8) is 0 Å². The second-order valence-corrected chi connectivity index (χ2v) is 8.33. The van der Waals surface area contributed by atoms with E-state index >= 15 is 0 Å². The van der Waals surface area contributed by atoms with Gasteiger partial charge < -0.3 is 15.4 Å². The third-order valence-electron chi connectivity index (χ3n) is 3.88. The highest BCUT2D eigenvalue weighted by Crippen LogP contribution is 2.26. The number of nitrogens with zero attached hydrogens (tertiary/aromatic N) is 1. The average Bonchev–Trinajstić information content (AvgIpc) is 3.13. The second-order valence-electron chi connectivity index (χ2n) is 6.25. The summed E-state index contributed by atoms with van der Waals surface area (Å²) in [5.74, 6) is 0.397. The molecule has 0 unspecified atom stereocenters. The Balaban J connectivity index is 1.53. The number of benzene rings is 2. The Morgan fingerprint density at radius 3 is 2.28 bits per heavy atom. The molecule has 8 heteroatoms. The number of amides is 2. The fraction of sp³-hybridized carbons (Fsp3) is 0.190. The van der Waals surface area contributed by atoms with Crippen LogP contribution in [0.15, 0.2) is 58.3 Å². The fourth-order valence-corrected chi connectivity index (χ4v) is 4.27. The van der Waals surface area contributed by atoms with E-state index in [9.17, 15) is 9.59 Å². The Bertz CT molecular complexity index is 970. The van der Waals surface area contributed by atoms with E-state index in [1.54, 1.807) is 47.4 Å². The smallest absolute Gasteiger partial charge is 0.255 e. The maximum absolute atomic E-state index is 12.4. The van der Waals surface area contributed by atoms with E-state index in [0.29, 0.717) is 16.9 Å². The zero-order chi connectivity index (χ0) is 20.6. The molecule has 2 aromatic carbocycles. The first kappa shape index (κ1) is 21.0. The van der Waals surface area contributed by atoms with Crippen LogP contribution in [0.3, 0.4) is 0 Å². The third-order valence-corrected chi connectivity index (χ3v) is 6.09. The quantitative estimate of drug-likeness (QED) is 0.514. The Labute approximate surface area is 177 Å². The van der Waals surface area contributed by atoms with Gasteiger partial charge in [-0.05, 0) is 48.9 Å². The summed E-state index contributed by atoms with van der Waals surface area (Å²) in [6, 6.07) is 14.5. The molecule has 3 aromatic rings. The number of aromatic nitrogens is 1. The minimum atomic E-state index is -0.229. The van der Waals surface area contributed by atoms with E-state index in [-0.39, 0.29) is 18.4 Å². The molecule has 0 radical (unpaired) electrons. The summed E-state index contributed by atoms with van der Waals surface area (Å²) in [5, 5.41) is 7.60. The number of anilines is 2. The summed E-state index contributed by atoms with van der Waals surface area (Å²) < 4.78 is 5.82. The molecular formula is C21H21N3O3S2. The molecule has 150 valence electrons. The normalized spacial score (nSPS) is 10.6. The number of methoxy groups -OCH3 is 1. The summed E-state index contributed by atoms with van der Waals surface area (Å²) >= 11 is 3.33. The SMILES string of the molecule is COCC(=O)Nc1ccc(NC(=O)c2ccc(CSc3nc(C)cs3)cc2)cc1. The van der Waals surface area contributed by atoms with Gasteiger partial charge in [-0.15, -0.1) is 11.3 Å². The lowest BCUT2D eigenvalue weighted by molar-refractivity contribution is -0.119. The monoisotopic (exact) mass is 427 g/mol. The highest BCUT2D eigenvalue weighted by atomic mass is 32.2. The number of nitrogens with one attached hydrogen (secondary N) is 2. The largest absolute Gasteiger partial charge is 0.375 e. The number of carbonyl (C=O) groups excluding carboxylic acids is 2. The first-order chi connectivity index (χ1) is 14.0. The molecule has 6 nitrogen and oxygen atoms in total. The molecule has 1 heterocycles. The van der Waals surface area contributed by atoms with Crippen molar-refractivity contribution >= 4 is 46.3 Å². The van der Waals surface area contributed by atoms with Crippen molar-refractivity contribution in [2.75, 3.05) is 24.4 Å². The predicted molar refractivity (Wildman–Crippen MR) is 118 cm³/mol. The Hall–Kier alpha value is -2.68. The van der Waals surface area contributed by atoms with Crippen molar-refractivity contribution in [3.8, 4) is 0 Å². The average molecular weight is 428 g/mol. The van der Waals surface area contributed by atoms with Crippen LogP contribution in [0.4, 0.5) is 11.4 Å². The van der Waals surface area contributed by atoms with E-state index in [4.69, 9.17) is 4.74 Å². The van der Waals surface area contributed by atoms with Gasteiger partial charge in [0.05, 0.1) is 0 Å². The third kappa shape index (κ3) is 6.42. The Morgan fingerprint density at radius 1 is 1.03 bits per heavy atom. The molecule has 0 atom stereocenters. The maximum atomic E-state index is 12.4. The number of thiazole rings is 1. The molecule has 1 aromatic heterocycles. The maximum Gasteiger partial charge on any atom is 0.255 e. The van der Waals surface area contributed by atoms with Gasteiger partial charge in [-0.1, -0.05) is 23.9 Å². The predicted octanol–water partition coefficient (Wildman–Crippen LogP) is 4.58. The number of ether oxygens (including phenoxy) is 1. The van der Waals surface area contributed by atoms with E-state index in [1.807, 2.05) is 36.6 Å². The van der Waals surface area contributed by atoms with Crippen molar-refractivity contribution < 1.29 is 14.3 Å². The van der Waals surface area contributed by atoms with Crippen LogP contribution >= 0.6 is 23.1 Å². The summed E-state index contributed by atoms with van der Waals surface area (Å²) in [7, 11) is 1.46. The summed E-state index contributed by atoms with van der Waals surface area (Å²) in [4.78, 5) is 28.4. The van der Waals surface area contributed by atoms with Crippen LogP contribution in [0.25, 0.3) is 0 Å². The lowest BCUT2D eigenvalue weighted by atomic mass is 10.1. The standard InChI is InChI=1S/C21H21N3O3S2/c1-14-12-28-21(22-14)29-13-15-3-5-16(6-4-15)20(26)24-18-9-7-17(8-10-18)23-19(25)11-27-2/h3-10,12H,11,13H2,1-2H3,(H,23,25)(H,24,26). The van der Waals surface area contributed by atoms with Crippen molar-refractivity contribution in [2.24, 2.45) is 0 Å². The van der Waals surface area contributed by atoms with Gasteiger partial charge in [0.2, 0.25) is 5.91 Å². The van der Waals surface area contributed by atoms with Gasteiger partial charge in [-0.2, -0.15) is 0 Å². The zero-order valence-corrected chi connectivity index (χ0v) is 17.7. The molecule has 2 N–H and O–H groups in total. The lowest BCUT2D eigenvalue weighted by Crippen LogP contribution is -2.17. The highest BCUT2D eigenvalue weighted by Gasteiger charge is 2.08. The Morgan fingerprint density at radius 2 is 1.69 bits per heavy atom. The van der Waals surface area contributed by atoms with Crippen LogP contribution in [0.2, 0.25) is 0 Å². The van der Waals surface area contributed by atoms with Gasteiger partial charge in [0.15, 0.2) is 0 Å². The van der Waals surface area contributed by atoms with E-state index in [0.717, 1.165) is 21.3 Å². The van der Waals surface area contributed by atoms with Gasteiger partial charge in [0, 0.05) is 40.9 Å². The minimum absolute atomic E-state index is 0.00350. The molecule has 0 aliphatic heterocycles. The van der Waals surface area contributed by atoms with Crippen LogP contribution < -0.4 is 10.6 Å². The zero-order valence-electron chi connectivity index (χ0n) is 16.1. The molecule has 0 aliphatic rings. The number of hydrogen-bond donors (Lipinski definition) is 2. The lowest BCUT2D eigenvalue weighted by Gasteiger charge is -2.08. The number of rotatable bonds is 8. The van der Waals surface area contributed by atoms with Crippen molar-refractivity contribution in [1.82, 2.24) is 4.98 Å². The summed E-state index contributed by atoms with van der Waals surface area (Å²) in [6.07, 6.45) is 0. The minimum Gasteiger partial charge on any atom is -0.375 e. The number of aryl methyl sites for hydroxylation is 1.